The summed E-state index contributed by atoms with van der Waals surface area (Å²) in [6.07, 6.45) is 6.03. The van der Waals surface area contributed by atoms with Gasteiger partial charge in [-0.1, -0.05) is 0 Å². The van der Waals surface area contributed by atoms with E-state index in [-0.39, 0.29) is 11.1 Å². The molecule has 0 aromatic heterocycles. The summed E-state index contributed by atoms with van der Waals surface area (Å²) in [5, 5.41) is 7.55. The van der Waals surface area contributed by atoms with Gasteiger partial charge in [0.2, 0.25) is 0 Å². The van der Waals surface area contributed by atoms with Gasteiger partial charge in [-0.3, -0.25) is 0 Å². The molecule has 0 aliphatic heterocycles. The summed E-state index contributed by atoms with van der Waals surface area (Å²) < 4.78 is 0. The fraction of sp³-hybridized carbons (Fsp3) is 1.00. The Hall–Kier alpha value is -0.0800. The summed E-state index contributed by atoms with van der Waals surface area (Å²) in [5.74, 6) is 6.08. The molecule has 3 rings (SSSR count). The highest BCUT2D eigenvalue weighted by Crippen LogP contribution is 2.62. The minimum atomic E-state index is 0.273. The molecule has 3 aliphatic carbocycles. The van der Waals surface area contributed by atoms with Gasteiger partial charge in [0.15, 0.2) is 0 Å². The molecule has 2 N–H and O–H groups in total. The molecular weight excluding hydrogens is 268 g/mol. The van der Waals surface area contributed by atoms with Crippen molar-refractivity contribution in [1.82, 2.24) is 10.6 Å². The van der Waals surface area contributed by atoms with Gasteiger partial charge in [-0.15, -0.1) is 0 Å². The molecule has 2 heteroatoms. The minimum absolute atomic E-state index is 0.273. The van der Waals surface area contributed by atoms with E-state index in [0.717, 1.165) is 35.5 Å². The quantitative estimate of drug-likeness (QED) is 0.818. The van der Waals surface area contributed by atoms with E-state index in [1.165, 1.54) is 38.8 Å². The van der Waals surface area contributed by atoms with Crippen molar-refractivity contribution in [3.05, 3.63) is 0 Å². The average molecular weight is 307 g/mol. The molecule has 128 valence electrons. The van der Waals surface area contributed by atoms with Crippen molar-refractivity contribution < 1.29 is 0 Å². The lowest BCUT2D eigenvalue weighted by atomic mass is 9.73. The molecule has 2 nitrogen and oxygen atoms in total. The highest BCUT2D eigenvalue weighted by Gasteiger charge is 2.56. The van der Waals surface area contributed by atoms with Gasteiger partial charge in [-0.25, -0.2) is 0 Å². The first kappa shape index (κ1) is 16.8. The van der Waals surface area contributed by atoms with Gasteiger partial charge >= 0.3 is 0 Å². The number of rotatable bonds is 4. The van der Waals surface area contributed by atoms with Gasteiger partial charge in [0, 0.05) is 11.1 Å². The molecule has 0 aromatic rings. The zero-order valence-corrected chi connectivity index (χ0v) is 15.7. The Morgan fingerprint density at radius 1 is 0.727 bits per heavy atom. The second-order valence-corrected chi connectivity index (χ2v) is 10.5. The Bertz CT molecular complexity index is 389. The van der Waals surface area contributed by atoms with Crippen LogP contribution >= 0.6 is 0 Å². The molecule has 6 atom stereocenters. The largest absolute Gasteiger partial charge is 0.312 e. The molecule has 0 aromatic carbocycles. The Morgan fingerprint density at radius 2 is 1.32 bits per heavy atom. The number of hydrogen-bond donors (Lipinski definition) is 2. The van der Waals surface area contributed by atoms with E-state index >= 15 is 0 Å². The lowest BCUT2D eigenvalue weighted by Gasteiger charge is -2.36. The van der Waals surface area contributed by atoms with Gasteiger partial charge in [0.05, 0.1) is 0 Å². The van der Waals surface area contributed by atoms with Gasteiger partial charge in [-0.05, 0) is 116 Å². The van der Waals surface area contributed by atoms with Crippen molar-refractivity contribution in [2.45, 2.75) is 78.3 Å². The summed E-state index contributed by atoms with van der Waals surface area (Å²) in [6.45, 7) is 16.3. The van der Waals surface area contributed by atoms with E-state index in [1.54, 1.807) is 0 Å². The fourth-order valence-corrected chi connectivity index (χ4v) is 5.76. The van der Waals surface area contributed by atoms with Crippen LogP contribution in [0.1, 0.15) is 67.2 Å². The SMILES string of the molecule is CC(C)(C)NCC1CCC2C1[C@H]1CC(CNC(C)(C)C)[C@@H]2C1. The van der Waals surface area contributed by atoms with E-state index in [1.807, 2.05) is 0 Å². The van der Waals surface area contributed by atoms with Gasteiger partial charge in [-0.2, -0.15) is 0 Å². The van der Waals surface area contributed by atoms with Crippen LogP contribution in [-0.4, -0.2) is 24.2 Å². The van der Waals surface area contributed by atoms with Crippen molar-refractivity contribution in [3.8, 4) is 0 Å². The summed E-state index contributed by atoms with van der Waals surface area (Å²) in [6, 6.07) is 0. The van der Waals surface area contributed by atoms with Crippen LogP contribution in [0.15, 0.2) is 0 Å². The number of fused-ring (bicyclic) bond motifs is 5. The molecule has 0 radical (unpaired) electrons. The molecule has 0 saturated heterocycles. The summed E-state index contributed by atoms with van der Waals surface area (Å²) >= 11 is 0. The van der Waals surface area contributed by atoms with Crippen LogP contribution in [0.2, 0.25) is 0 Å². The first-order valence-electron chi connectivity index (χ1n) is 9.64. The van der Waals surface area contributed by atoms with E-state index in [9.17, 15) is 0 Å². The summed E-state index contributed by atoms with van der Waals surface area (Å²) in [5.41, 5.74) is 0.547. The monoisotopic (exact) mass is 306 g/mol. The third-order valence-corrected chi connectivity index (χ3v) is 6.58. The average Bonchev–Trinajstić information content (AvgIpc) is 3.03. The smallest absolute Gasteiger partial charge is 0.00966 e. The first-order chi connectivity index (χ1) is 10.1. The van der Waals surface area contributed by atoms with E-state index in [4.69, 9.17) is 0 Å². The van der Waals surface area contributed by atoms with Gasteiger partial charge < -0.3 is 10.6 Å². The Morgan fingerprint density at radius 3 is 1.91 bits per heavy atom. The second-order valence-electron chi connectivity index (χ2n) is 10.5. The molecule has 2 bridgehead atoms. The predicted octanol–water partition coefficient (Wildman–Crippen LogP) is 4.06. The topological polar surface area (TPSA) is 24.1 Å². The van der Waals surface area contributed by atoms with Crippen LogP contribution in [0, 0.1) is 35.5 Å². The predicted molar refractivity (Wildman–Crippen MR) is 94.9 cm³/mol. The zero-order valence-electron chi connectivity index (χ0n) is 15.7. The highest BCUT2D eigenvalue weighted by atomic mass is 15.0. The minimum Gasteiger partial charge on any atom is -0.312 e. The van der Waals surface area contributed by atoms with Crippen molar-refractivity contribution in [2.75, 3.05) is 13.1 Å². The fourth-order valence-electron chi connectivity index (χ4n) is 5.76. The molecular formula is C20H38N2. The maximum absolute atomic E-state index is 3.78. The van der Waals surface area contributed by atoms with Gasteiger partial charge in [0.1, 0.15) is 0 Å². The van der Waals surface area contributed by atoms with Crippen molar-refractivity contribution >= 4 is 0 Å². The first-order valence-corrected chi connectivity index (χ1v) is 9.64. The highest BCUT2D eigenvalue weighted by molar-refractivity contribution is 5.06. The van der Waals surface area contributed by atoms with Crippen molar-refractivity contribution in [1.29, 1.82) is 0 Å². The number of nitrogens with one attached hydrogen (secondary N) is 2. The summed E-state index contributed by atoms with van der Waals surface area (Å²) in [4.78, 5) is 0. The molecule has 3 aliphatic rings. The maximum atomic E-state index is 3.78. The van der Waals surface area contributed by atoms with Crippen LogP contribution in [0.4, 0.5) is 0 Å². The Labute approximate surface area is 138 Å². The third-order valence-electron chi connectivity index (χ3n) is 6.58. The Balaban J connectivity index is 1.55. The molecule has 3 saturated carbocycles. The van der Waals surface area contributed by atoms with E-state index in [2.05, 4.69) is 52.2 Å². The zero-order chi connectivity index (χ0) is 16.1. The maximum Gasteiger partial charge on any atom is 0.00966 e. The molecule has 0 amide bonds. The lowest BCUT2D eigenvalue weighted by Crippen LogP contribution is -2.43. The van der Waals surface area contributed by atoms with Crippen molar-refractivity contribution in [2.24, 2.45) is 35.5 Å². The van der Waals surface area contributed by atoms with Crippen LogP contribution in [0.25, 0.3) is 0 Å². The van der Waals surface area contributed by atoms with Crippen LogP contribution < -0.4 is 10.6 Å². The lowest BCUT2D eigenvalue weighted by molar-refractivity contribution is 0.148. The van der Waals surface area contributed by atoms with Crippen LogP contribution in [0.3, 0.4) is 0 Å². The molecule has 22 heavy (non-hydrogen) atoms. The van der Waals surface area contributed by atoms with E-state index in [0.29, 0.717) is 0 Å². The second kappa shape index (κ2) is 5.77. The van der Waals surface area contributed by atoms with Crippen LogP contribution in [-0.2, 0) is 0 Å². The molecule has 0 spiro atoms. The normalized spacial score (nSPS) is 41.2. The summed E-state index contributed by atoms with van der Waals surface area (Å²) in [7, 11) is 0. The van der Waals surface area contributed by atoms with Crippen molar-refractivity contribution in [3.63, 3.8) is 0 Å². The van der Waals surface area contributed by atoms with E-state index < -0.39 is 0 Å². The van der Waals surface area contributed by atoms with Crippen LogP contribution in [0.5, 0.6) is 0 Å². The molecule has 4 unspecified atom stereocenters. The molecule has 0 heterocycles. The third kappa shape index (κ3) is 3.53. The van der Waals surface area contributed by atoms with Gasteiger partial charge in [0.25, 0.3) is 0 Å². The Kier molecular flexibility index (Phi) is 4.40. The number of hydrogen-bond acceptors (Lipinski definition) is 2. The molecule has 3 fully saturated rings. The standard InChI is InChI=1S/C20H38N2/c1-19(2,3)21-11-13-7-8-16-17-10-14(18(13)16)9-15(17)12-22-20(4,5)6/h13-18,21-22H,7-12H2,1-6H3/t13?,14-,15?,16?,17-,18?/m0/s1.